The average Bonchev–Trinajstić information content (AvgIpc) is 2.68. The first-order valence-electron chi connectivity index (χ1n) is 7.15. The summed E-state index contributed by atoms with van der Waals surface area (Å²) < 4.78 is 18.4. The first kappa shape index (κ1) is 15.0. The minimum Gasteiger partial charge on any atom is -0.491 e. The minimum atomic E-state index is -0.399. The maximum absolute atomic E-state index is 12.9. The molecular weight excluding hydrogens is 299 g/mol. The third kappa shape index (κ3) is 3.15. The van der Waals surface area contributed by atoms with Gasteiger partial charge in [0.1, 0.15) is 11.6 Å². The van der Waals surface area contributed by atoms with Crippen LogP contribution in [0.5, 0.6) is 5.75 Å². The third-order valence-corrected chi connectivity index (χ3v) is 3.63. The van der Waals surface area contributed by atoms with Gasteiger partial charge in [-0.3, -0.25) is 9.59 Å². The lowest BCUT2D eigenvalue weighted by molar-refractivity contribution is -0.118. The Morgan fingerprint density at radius 3 is 2.70 bits per heavy atom. The van der Waals surface area contributed by atoms with Crippen molar-refractivity contribution in [1.29, 1.82) is 0 Å². The van der Waals surface area contributed by atoms with Crippen LogP contribution < -0.4 is 15.0 Å². The van der Waals surface area contributed by atoms with E-state index in [0.717, 1.165) is 0 Å². The number of carbonyl (C=O) groups is 2. The van der Waals surface area contributed by atoms with Gasteiger partial charge in [0.2, 0.25) is 5.91 Å². The van der Waals surface area contributed by atoms with Gasteiger partial charge in [-0.15, -0.1) is 0 Å². The number of anilines is 2. The molecule has 0 saturated heterocycles. The number of fused-ring (bicyclic) bond motifs is 1. The number of nitrogens with zero attached hydrogens (tertiary/aromatic N) is 1. The van der Waals surface area contributed by atoms with Gasteiger partial charge >= 0.3 is 0 Å². The Morgan fingerprint density at radius 1 is 1.22 bits per heavy atom. The van der Waals surface area contributed by atoms with E-state index in [0.29, 0.717) is 35.7 Å². The van der Waals surface area contributed by atoms with Crippen molar-refractivity contribution in [2.24, 2.45) is 0 Å². The maximum Gasteiger partial charge on any atom is 0.255 e. The van der Waals surface area contributed by atoms with Crippen LogP contribution in [0.25, 0.3) is 0 Å². The predicted octanol–water partition coefficient (Wildman–Crippen LogP) is 2.82. The van der Waals surface area contributed by atoms with Crippen molar-refractivity contribution in [3.8, 4) is 5.75 Å². The van der Waals surface area contributed by atoms with Crippen LogP contribution in [0.2, 0.25) is 0 Å². The number of carbonyl (C=O) groups excluding carboxylic acids is 2. The van der Waals surface area contributed by atoms with Crippen LogP contribution in [0, 0.1) is 5.82 Å². The summed E-state index contributed by atoms with van der Waals surface area (Å²) in [6, 6.07) is 10.4. The van der Waals surface area contributed by atoms with Crippen LogP contribution in [0.1, 0.15) is 16.8 Å². The van der Waals surface area contributed by atoms with Gasteiger partial charge in [0, 0.05) is 18.3 Å². The zero-order chi connectivity index (χ0) is 16.4. The van der Waals surface area contributed by atoms with E-state index in [9.17, 15) is 14.0 Å². The van der Waals surface area contributed by atoms with Crippen LogP contribution in [0.3, 0.4) is 0 Å². The van der Waals surface area contributed by atoms with Crippen LogP contribution in [-0.2, 0) is 4.79 Å². The van der Waals surface area contributed by atoms with Crippen molar-refractivity contribution < 1.29 is 18.7 Å². The Balaban J connectivity index is 1.84. The number of ether oxygens (including phenoxy) is 1. The van der Waals surface area contributed by atoms with E-state index in [2.05, 4.69) is 5.32 Å². The molecule has 5 nitrogen and oxygen atoms in total. The van der Waals surface area contributed by atoms with E-state index in [1.807, 2.05) is 0 Å². The number of hydrogen-bond donors (Lipinski definition) is 1. The summed E-state index contributed by atoms with van der Waals surface area (Å²) in [6.07, 6.45) is 0.308. The lowest BCUT2D eigenvalue weighted by atomic mass is 10.2. The van der Waals surface area contributed by atoms with Crippen molar-refractivity contribution in [3.63, 3.8) is 0 Å². The second kappa shape index (κ2) is 6.08. The predicted molar refractivity (Wildman–Crippen MR) is 84.3 cm³/mol. The first-order chi connectivity index (χ1) is 11.0. The van der Waals surface area contributed by atoms with E-state index in [1.54, 1.807) is 25.2 Å². The average molecular weight is 314 g/mol. The number of halogens is 1. The van der Waals surface area contributed by atoms with E-state index >= 15 is 0 Å². The molecule has 0 unspecified atom stereocenters. The molecule has 0 fully saturated rings. The molecular formula is C17H15FN2O3. The highest BCUT2D eigenvalue weighted by atomic mass is 19.1. The Bertz CT molecular complexity index is 759. The third-order valence-electron chi connectivity index (χ3n) is 3.63. The number of hydrogen-bond acceptors (Lipinski definition) is 3. The smallest absolute Gasteiger partial charge is 0.255 e. The highest BCUT2D eigenvalue weighted by molar-refractivity contribution is 6.05. The molecule has 0 atom stereocenters. The van der Waals surface area contributed by atoms with Gasteiger partial charge in [0.25, 0.3) is 5.91 Å². The molecule has 0 bridgehead atoms. The molecule has 1 heterocycles. The molecule has 1 N–H and O–H groups in total. The van der Waals surface area contributed by atoms with Crippen molar-refractivity contribution in [3.05, 3.63) is 53.8 Å². The van der Waals surface area contributed by atoms with Gasteiger partial charge in [-0.25, -0.2) is 4.39 Å². The fourth-order valence-electron chi connectivity index (χ4n) is 2.33. The normalized spacial score (nSPS) is 13.8. The molecule has 6 heteroatoms. The molecule has 0 aliphatic carbocycles. The minimum absolute atomic E-state index is 0.0502. The van der Waals surface area contributed by atoms with Crippen LogP contribution >= 0.6 is 0 Å². The molecule has 0 aromatic heterocycles. The topological polar surface area (TPSA) is 58.6 Å². The number of amides is 2. The van der Waals surface area contributed by atoms with Crippen molar-refractivity contribution in [2.45, 2.75) is 6.42 Å². The van der Waals surface area contributed by atoms with Crippen molar-refractivity contribution in [2.75, 3.05) is 23.9 Å². The molecule has 2 aromatic rings. The van der Waals surface area contributed by atoms with Crippen LogP contribution in [0.4, 0.5) is 15.8 Å². The zero-order valence-corrected chi connectivity index (χ0v) is 12.5. The Morgan fingerprint density at radius 2 is 1.96 bits per heavy atom. The van der Waals surface area contributed by atoms with Crippen LogP contribution in [-0.4, -0.2) is 25.5 Å². The van der Waals surface area contributed by atoms with Gasteiger partial charge in [-0.1, -0.05) is 0 Å². The molecule has 0 saturated carbocycles. The molecule has 1 aliphatic rings. The lowest BCUT2D eigenvalue weighted by Crippen LogP contribution is -2.25. The summed E-state index contributed by atoms with van der Waals surface area (Å²) in [6.45, 7) is 0.331. The largest absolute Gasteiger partial charge is 0.491 e. The number of nitrogens with one attached hydrogen (secondary N) is 1. The number of rotatable bonds is 2. The second-order valence-electron chi connectivity index (χ2n) is 5.19. The highest BCUT2D eigenvalue weighted by Gasteiger charge is 2.20. The summed E-state index contributed by atoms with van der Waals surface area (Å²) in [5.74, 6) is -0.207. The fraction of sp³-hybridized carbons (Fsp3) is 0.176. The summed E-state index contributed by atoms with van der Waals surface area (Å²) in [5, 5.41) is 2.73. The molecule has 0 spiro atoms. The van der Waals surface area contributed by atoms with Gasteiger partial charge in [0.15, 0.2) is 0 Å². The molecule has 0 radical (unpaired) electrons. The first-order valence-corrected chi connectivity index (χ1v) is 7.15. The summed E-state index contributed by atoms with van der Waals surface area (Å²) in [7, 11) is 1.67. The maximum atomic E-state index is 12.9. The number of benzene rings is 2. The monoisotopic (exact) mass is 314 g/mol. The Labute approximate surface area is 132 Å². The second-order valence-corrected chi connectivity index (χ2v) is 5.19. The Hall–Kier alpha value is -2.89. The van der Waals surface area contributed by atoms with E-state index in [4.69, 9.17) is 4.74 Å². The zero-order valence-electron chi connectivity index (χ0n) is 12.5. The molecule has 3 rings (SSSR count). The van der Waals surface area contributed by atoms with Crippen LogP contribution in [0.15, 0.2) is 42.5 Å². The van der Waals surface area contributed by atoms with E-state index in [1.165, 1.54) is 29.2 Å². The molecule has 118 valence electrons. The quantitative estimate of drug-likeness (QED) is 0.927. The van der Waals surface area contributed by atoms with Gasteiger partial charge in [-0.05, 0) is 42.5 Å². The lowest BCUT2D eigenvalue weighted by Gasteiger charge is -2.17. The van der Waals surface area contributed by atoms with E-state index < -0.39 is 5.82 Å². The summed E-state index contributed by atoms with van der Waals surface area (Å²) in [5.41, 5.74) is 1.48. The molecule has 2 amide bonds. The highest BCUT2D eigenvalue weighted by Crippen LogP contribution is 2.33. The van der Waals surface area contributed by atoms with Crippen molar-refractivity contribution in [1.82, 2.24) is 0 Å². The SMILES string of the molecule is CN1C(=O)CCOc2ccc(NC(=O)c3ccc(F)cc3)cc21. The van der Waals surface area contributed by atoms with Crippen molar-refractivity contribution >= 4 is 23.2 Å². The molecule has 1 aliphatic heterocycles. The summed E-state index contributed by atoms with van der Waals surface area (Å²) >= 11 is 0. The van der Waals surface area contributed by atoms with Gasteiger partial charge in [-0.2, -0.15) is 0 Å². The fourth-order valence-corrected chi connectivity index (χ4v) is 2.33. The van der Waals surface area contributed by atoms with Gasteiger partial charge in [0.05, 0.1) is 18.7 Å². The van der Waals surface area contributed by atoms with E-state index in [-0.39, 0.29) is 11.8 Å². The standard InChI is InChI=1S/C17H15FN2O3/c1-20-14-10-13(6-7-15(14)23-9-8-16(20)21)19-17(22)11-2-4-12(18)5-3-11/h2-7,10H,8-9H2,1H3,(H,19,22). The Kier molecular flexibility index (Phi) is 3.97. The summed E-state index contributed by atoms with van der Waals surface area (Å²) in [4.78, 5) is 25.6. The van der Waals surface area contributed by atoms with Gasteiger partial charge < -0.3 is 15.0 Å². The molecule has 23 heavy (non-hydrogen) atoms. The molecule has 2 aromatic carbocycles.